The zero-order valence-corrected chi connectivity index (χ0v) is 13.4. The van der Waals surface area contributed by atoms with Gasteiger partial charge in [0, 0.05) is 12.1 Å². The Labute approximate surface area is 126 Å². The number of aldehydes is 1. The summed E-state index contributed by atoms with van der Waals surface area (Å²) in [5, 5.41) is 4.60. The van der Waals surface area contributed by atoms with E-state index in [-0.39, 0.29) is 0 Å². The molecule has 1 aromatic heterocycles. The van der Waals surface area contributed by atoms with Gasteiger partial charge in [-0.25, -0.2) is 4.68 Å². The van der Waals surface area contributed by atoms with Gasteiger partial charge in [0.25, 0.3) is 0 Å². The summed E-state index contributed by atoms with van der Waals surface area (Å²) in [7, 11) is 0. The monoisotopic (exact) mass is 285 g/mol. The number of nitrogens with zero attached hydrogens (tertiary/aromatic N) is 2. The fourth-order valence-electron chi connectivity index (χ4n) is 2.83. The molecule has 0 aliphatic rings. The maximum absolute atomic E-state index is 11.5. The number of hydrogen-bond donors (Lipinski definition) is 1. The van der Waals surface area contributed by atoms with E-state index in [0.29, 0.717) is 29.5 Å². The smallest absolute Gasteiger partial charge is 0.156 e. The lowest BCUT2D eigenvalue weighted by Gasteiger charge is -2.09. The Morgan fingerprint density at radius 3 is 2.29 bits per heavy atom. The van der Waals surface area contributed by atoms with E-state index in [1.54, 1.807) is 4.68 Å². The lowest BCUT2D eigenvalue weighted by molar-refractivity contribution is 0.112. The summed E-state index contributed by atoms with van der Waals surface area (Å²) in [6.45, 7) is 11.1. The van der Waals surface area contributed by atoms with E-state index in [4.69, 9.17) is 5.73 Å². The van der Waals surface area contributed by atoms with Crippen LogP contribution in [0.1, 0.15) is 40.9 Å². The molecule has 4 nitrogen and oxygen atoms in total. The first-order valence-electron chi connectivity index (χ1n) is 7.24. The molecule has 1 heterocycles. The minimum atomic E-state index is 0.416. The van der Waals surface area contributed by atoms with Crippen LogP contribution in [0.2, 0.25) is 0 Å². The highest BCUT2D eigenvalue weighted by Gasteiger charge is 2.20. The van der Waals surface area contributed by atoms with Gasteiger partial charge in [-0.1, -0.05) is 31.5 Å². The molecule has 0 fully saturated rings. The van der Waals surface area contributed by atoms with E-state index in [0.717, 1.165) is 23.0 Å². The molecule has 2 N–H and O–H groups in total. The van der Waals surface area contributed by atoms with E-state index >= 15 is 0 Å². The number of benzene rings is 1. The molecule has 0 amide bonds. The standard InChI is InChI=1S/C17H23N3O/c1-10(2)8-20-17(18)14(9-21)16(19-20)15-12(4)6-11(3)7-13(15)5/h6-7,9-10H,8,18H2,1-5H3. The third kappa shape index (κ3) is 2.84. The maximum atomic E-state index is 11.5. The van der Waals surface area contributed by atoms with Crippen molar-refractivity contribution in [3.05, 3.63) is 34.4 Å². The average Bonchev–Trinajstić information content (AvgIpc) is 2.64. The maximum Gasteiger partial charge on any atom is 0.156 e. The van der Waals surface area contributed by atoms with E-state index in [9.17, 15) is 4.79 Å². The van der Waals surface area contributed by atoms with Gasteiger partial charge in [0.15, 0.2) is 6.29 Å². The molecule has 1 aromatic carbocycles. The minimum absolute atomic E-state index is 0.416. The SMILES string of the molecule is Cc1cc(C)c(-c2nn(CC(C)C)c(N)c2C=O)c(C)c1. The normalized spacial score (nSPS) is 11.1. The third-order valence-electron chi connectivity index (χ3n) is 3.60. The number of aryl methyl sites for hydroxylation is 3. The van der Waals surface area contributed by atoms with Crippen molar-refractivity contribution in [1.29, 1.82) is 0 Å². The van der Waals surface area contributed by atoms with E-state index in [1.165, 1.54) is 5.56 Å². The first-order valence-corrected chi connectivity index (χ1v) is 7.24. The molecular formula is C17H23N3O. The molecule has 21 heavy (non-hydrogen) atoms. The predicted octanol–water partition coefficient (Wildman–Crippen LogP) is 3.53. The van der Waals surface area contributed by atoms with E-state index < -0.39 is 0 Å². The van der Waals surface area contributed by atoms with Crippen molar-refractivity contribution in [2.75, 3.05) is 5.73 Å². The highest BCUT2D eigenvalue weighted by molar-refractivity contribution is 5.92. The highest BCUT2D eigenvalue weighted by atomic mass is 16.1. The minimum Gasteiger partial charge on any atom is -0.383 e. The van der Waals surface area contributed by atoms with Crippen molar-refractivity contribution in [2.24, 2.45) is 5.92 Å². The lowest BCUT2D eigenvalue weighted by atomic mass is 9.95. The topological polar surface area (TPSA) is 60.9 Å². The van der Waals surface area contributed by atoms with Crippen LogP contribution in [-0.2, 0) is 6.54 Å². The molecule has 0 aliphatic carbocycles. The zero-order chi connectivity index (χ0) is 15.7. The van der Waals surface area contributed by atoms with Crippen LogP contribution in [0.5, 0.6) is 0 Å². The van der Waals surface area contributed by atoms with Gasteiger partial charge >= 0.3 is 0 Å². The first kappa shape index (κ1) is 15.3. The van der Waals surface area contributed by atoms with Crippen molar-refractivity contribution in [3.63, 3.8) is 0 Å². The van der Waals surface area contributed by atoms with Gasteiger partial charge in [-0.3, -0.25) is 4.79 Å². The molecular weight excluding hydrogens is 262 g/mol. The van der Waals surface area contributed by atoms with Crippen LogP contribution in [0.3, 0.4) is 0 Å². The lowest BCUT2D eigenvalue weighted by Crippen LogP contribution is -2.09. The molecule has 0 atom stereocenters. The second-order valence-electron chi connectivity index (χ2n) is 6.12. The number of anilines is 1. The first-order chi connectivity index (χ1) is 9.85. The van der Waals surface area contributed by atoms with Gasteiger partial charge in [0.2, 0.25) is 0 Å². The molecule has 0 radical (unpaired) electrons. The fraction of sp³-hybridized carbons (Fsp3) is 0.412. The van der Waals surface area contributed by atoms with Crippen molar-refractivity contribution in [3.8, 4) is 11.3 Å². The number of aromatic nitrogens is 2. The third-order valence-corrected chi connectivity index (χ3v) is 3.60. The van der Waals surface area contributed by atoms with Gasteiger partial charge in [0.1, 0.15) is 11.5 Å². The molecule has 0 bridgehead atoms. The summed E-state index contributed by atoms with van der Waals surface area (Å²) in [5.74, 6) is 0.868. The molecule has 0 aliphatic heterocycles. The number of carbonyl (C=O) groups excluding carboxylic acids is 1. The Hall–Kier alpha value is -2.10. The Morgan fingerprint density at radius 1 is 1.24 bits per heavy atom. The zero-order valence-electron chi connectivity index (χ0n) is 13.4. The van der Waals surface area contributed by atoms with Gasteiger partial charge in [-0.15, -0.1) is 0 Å². The summed E-state index contributed by atoms with van der Waals surface area (Å²) < 4.78 is 1.74. The summed E-state index contributed by atoms with van der Waals surface area (Å²) in [4.78, 5) is 11.5. The van der Waals surface area contributed by atoms with Crippen LogP contribution in [0.15, 0.2) is 12.1 Å². The summed E-state index contributed by atoms with van der Waals surface area (Å²) >= 11 is 0. The number of rotatable bonds is 4. The average molecular weight is 285 g/mol. The Bertz CT molecular complexity index is 661. The number of hydrogen-bond acceptors (Lipinski definition) is 3. The second-order valence-corrected chi connectivity index (χ2v) is 6.12. The predicted molar refractivity (Wildman–Crippen MR) is 86.5 cm³/mol. The van der Waals surface area contributed by atoms with Crippen molar-refractivity contribution < 1.29 is 4.79 Å². The number of nitrogens with two attached hydrogens (primary N) is 1. The van der Waals surface area contributed by atoms with Crippen molar-refractivity contribution in [2.45, 2.75) is 41.2 Å². The van der Waals surface area contributed by atoms with Gasteiger partial charge in [-0.05, 0) is 37.8 Å². The molecule has 112 valence electrons. The number of nitrogen functional groups attached to an aromatic ring is 1. The summed E-state index contributed by atoms with van der Waals surface area (Å²) in [6.07, 6.45) is 0.813. The Balaban J connectivity index is 2.67. The van der Waals surface area contributed by atoms with Crippen LogP contribution in [0.25, 0.3) is 11.3 Å². The highest BCUT2D eigenvalue weighted by Crippen LogP contribution is 2.32. The van der Waals surface area contributed by atoms with E-state index in [2.05, 4.69) is 38.0 Å². The molecule has 0 unspecified atom stereocenters. The molecule has 2 aromatic rings. The van der Waals surface area contributed by atoms with Crippen LogP contribution in [-0.4, -0.2) is 16.1 Å². The summed E-state index contributed by atoms with van der Waals surface area (Å²) in [5.41, 5.74) is 11.7. The van der Waals surface area contributed by atoms with Gasteiger partial charge < -0.3 is 5.73 Å². The molecule has 4 heteroatoms. The molecule has 2 rings (SSSR count). The quantitative estimate of drug-likeness (QED) is 0.874. The second kappa shape index (κ2) is 5.72. The van der Waals surface area contributed by atoms with Crippen molar-refractivity contribution >= 4 is 12.1 Å². The van der Waals surface area contributed by atoms with Crippen LogP contribution < -0.4 is 5.73 Å². The Morgan fingerprint density at radius 2 is 1.81 bits per heavy atom. The van der Waals surface area contributed by atoms with E-state index in [1.807, 2.05) is 13.8 Å². The fourth-order valence-corrected chi connectivity index (χ4v) is 2.83. The molecule has 0 saturated heterocycles. The van der Waals surface area contributed by atoms with Crippen LogP contribution >= 0.6 is 0 Å². The van der Waals surface area contributed by atoms with Gasteiger partial charge in [-0.2, -0.15) is 5.10 Å². The van der Waals surface area contributed by atoms with Crippen molar-refractivity contribution in [1.82, 2.24) is 9.78 Å². The summed E-state index contributed by atoms with van der Waals surface area (Å²) in [6, 6.07) is 4.21. The largest absolute Gasteiger partial charge is 0.383 e. The van der Waals surface area contributed by atoms with Gasteiger partial charge in [0.05, 0.1) is 5.56 Å². The number of carbonyl (C=O) groups is 1. The van der Waals surface area contributed by atoms with Crippen LogP contribution in [0, 0.1) is 26.7 Å². The molecule has 0 saturated carbocycles. The Kier molecular flexibility index (Phi) is 4.16. The molecule has 0 spiro atoms. The van der Waals surface area contributed by atoms with Crippen LogP contribution in [0.4, 0.5) is 5.82 Å².